The number of carbonyl (C=O) groups is 2. The highest BCUT2D eigenvalue weighted by Gasteiger charge is 2.55. The van der Waals surface area contributed by atoms with E-state index >= 15 is 0 Å². The average molecular weight is 481 g/mol. The second-order valence-corrected chi connectivity index (χ2v) is 9.35. The van der Waals surface area contributed by atoms with Crippen LogP contribution in [0.1, 0.15) is 30.6 Å². The van der Waals surface area contributed by atoms with Crippen molar-refractivity contribution in [1.29, 1.82) is 0 Å². The number of fused-ring (bicyclic) bond motifs is 4. The number of likely N-dealkylation sites (tertiary alicyclic amines) is 1. The summed E-state index contributed by atoms with van der Waals surface area (Å²) < 4.78 is 20.8. The van der Waals surface area contributed by atoms with E-state index in [2.05, 4.69) is 5.32 Å². The third-order valence-corrected chi connectivity index (χ3v) is 7.32. The van der Waals surface area contributed by atoms with Crippen LogP contribution in [0.4, 0.5) is 14.9 Å². The van der Waals surface area contributed by atoms with Crippen LogP contribution in [0.25, 0.3) is 10.9 Å². The van der Waals surface area contributed by atoms with E-state index in [0.717, 1.165) is 22.2 Å². The highest BCUT2D eigenvalue weighted by Crippen LogP contribution is 2.49. The molecule has 3 aromatic rings. The van der Waals surface area contributed by atoms with Crippen LogP contribution >= 0.6 is 0 Å². The van der Waals surface area contributed by atoms with Gasteiger partial charge in [-0.3, -0.25) is 4.79 Å². The predicted molar refractivity (Wildman–Crippen MR) is 130 cm³/mol. The predicted octanol–water partition coefficient (Wildman–Crippen LogP) is 3.40. The van der Waals surface area contributed by atoms with E-state index in [-0.39, 0.29) is 24.4 Å². The van der Waals surface area contributed by atoms with Crippen LogP contribution in [-0.2, 0) is 17.3 Å². The molecule has 9 heteroatoms. The lowest BCUT2D eigenvalue weighted by Crippen LogP contribution is -2.68. The number of amides is 3. The van der Waals surface area contributed by atoms with E-state index in [9.17, 15) is 19.1 Å². The fourth-order valence-corrected chi connectivity index (χ4v) is 5.64. The maximum Gasteiger partial charge on any atom is 0.322 e. The molecule has 2 N–H and O–H groups in total. The van der Waals surface area contributed by atoms with Crippen molar-refractivity contribution in [3.05, 3.63) is 59.5 Å². The van der Waals surface area contributed by atoms with Crippen LogP contribution in [0.15, 0.2) is 42.5 Å². The Hall–Kier alpha value is -3.59. The molecule has 2 aliphatic heterocycles. The van der Waals surface area contributed by atoms with Gasteiger partial charge in [-0.05, 0) is 42.0 Å². The number of hydrogen-bond donors (Lipinski definition) is 2. The number of urea groups is 1. The average Bonchev–Trinajstić information content (AvgIpc) is 3.14. The van der Waals surface area contributed by atoms with Gasteiger partial charge in [0.1, 0.15) is 11.6 Å². The van der Waals surface area contributed by atoms with Gasteiger partial charge in [-0.25, -0.2) is 9.18 Å². The van der Waals surface area contributed by atoms with Gasteiger partial charge < -0.3 is 29.5 Å². The number of rotatable bonds is 4. The van der Waals surface area contributed by atoms with Gasteiger partial charge in [0.15, 0.2) is 0 Å². The lowest BCUT2D eigenvalue weighted by atomic mass is 9.68. The molecule has 0 radical (unpaired) electrons. The minimum atomic E-state index is -0.588. The van der Waals surface area contributed by atoms with Gasteiger partial charge in [0, 0.05) is 55.9 Å². The molecule has 5 rings (SSSR count). The van der Waals surface area contributed by atoms with Gasteiger partial charge in [0.2, 0.25) is 5.91 Å². The molecule has 3 heterocycles. The number of methoxy groups -OCH3 is 1. The van der Waals surface area contributed by atoms with E-state index in [4.69, 9.17) is 4.74 Å². The van der Waals surface area contributed by atoms with Gasteiger partial charge in [-0.2, -0.15) is 0 Å². The highest BCUT2D eigenvalue weighted by molar-refractivity contribution is 5.93. The molecule has 3 amide bonds. The van der Waals surface area contributed by atoms with Crippen molar-refractivity contribution in [3.63, 3.8) is 0 Å². The van der Waals surface area contributed by atoms with Crippen LogP contribution in [0, 0.1) is 5.82 Å². The number of aliphatic hydroxyl groups is 1. The Bertz CT molecular complexity index is 1300. The monoisotopic (exact) mass is 480 g/mol. The van der Waals surface area contributed by atoms with Gasteiger partial charge >= 0.3 is 6.03 Å². The first-order chi connectivity index (χ1) is 16.8. The zero-order chi connectivity index (χ0) is 24.9. The number of aryl methyl sites for hydroxylation is 1. The summed E-state index contributed by atoms with van der Waals surface area (Å²) in [5, 5.41) is 14.3. The Balaban J connectivity index is 1.61. The van der Waals surface area contributed by atoms with E-state index in [1.54, 1.807) is 12.0 Å². The molecule has 1 saturated heterocycles. The summed E-state index contributed by atoms with van der Waals surface area (Å²) >= 11 is 0. The highest BCUT2D eigenvalue weighted by atomic mass is 19.1. The molecule has 0 saturated carbocycles. The molecule has 2 aliphatic rings. The molecule has 0 unspecified atom stereocenters. The Labute approximate surface area is 202 Å². The molecule has 1 atom stereocenters. The van der Waals surface area contributed by atoms with Crippen molar-refractivity contribution in [2.75, 3.05) is 38.7 Å². The summed E-state index contributed by atoms with van der Waals surface area (Å²) in [6, 6.07) is 10.5. The zero-order valence-corrected chi connectivity index (χ0v) is 20.0. The second kappa shape index (κ2) is 8.57. The van der Waals surface area contributed by atoms with Crippen molar-refractivity contribution in [3.8, 4) is 5.75 Å². The van der Waals surface area contributed by atoms with Gasteiger partial charge in [0.05, 0.1) is 30.7 Å². The molecule has 1 spiro atoms. The van der Waals surface area contributed by atoms with Crippen molar-refractivity contribution in [2.24, 2.45) is 7.05 Å². The Morgan fingerprint density at radius 3 is 2.51 bits per heavy atom. The van der Waals surface area contributed by atoms with Gasteiger partial charge in [0.25, 0.3) is 0 Å². The molecule has 8 nitrogen and oxygen atoms in total. The first-order valence-corrected chi connectivity index (χ1v) is 11.7. The summed E-state index contributed by atoms with van der Waals surface area (Å²) in [6.45, 7) is 2.91. The van der Waals surface area contributed by atoms with Gasteiger partial charge in [-0.1, -0.05) is 6.92 Å². The first-order valence-electron chi connectivity index (χ1n) is 11.7. The summed E-state index contributed by atoms with van der Waals surface area (Å²) in [5.74, 6) is 0.400. The van der Waals surface area contributed by atoms with E-state index in [0.29, 0.717) is 37.5 Å². The number of anilines is 1. The van der Waals surface area contributed by atoms with Crippen molar-refractivity contribution < 1.29 is 23.8 Å². The number of aliphatic hydroxyl groups excluding tert-OH is 1. The number of hydrogen-bond acceptors (Lipinski definition) is 4. The van der Waals surface area contributed by atoms with Gasteiger partial charge in [-0.15, -0.1) is 0 Å². The van der Waals surface area contributed by atoms with E-state index in [1.807, 2.05) is 41.6 Å². The van der Waals surface area contributed by atoms with Crippen molar-refractivity contribution >= 4 is 28.5 Å². The zero-order valence-electron chi connectivity index (χ0n) is 20.0. The molecular formula is C26H29FN4O4. The molecular weight excluding hydrogens is 451 g/mol. The molecule has 1 aromatic heterocycles. The van der Waals surface area contributed by atoms with Crippen LogP contribution in [0.3, 0.4) is 0 Å². The normalized spacial score (nSPS) is 18.4. The minimum Gasteiger partial charge on any atom is -0.497 e. The molecule has 2 aromatic carbocycles. The number of aromatic nitrogens is 1. The van der Waals surface area contributed by atoms with Crippen LogP contribution in [0.5, 0.6) is 5.75 Å². The number of nitrogens with zero attached hydrogens (tertiary/aromatic N) is 3. The quantitative estimate of drug-likeness (QED) is 0.599. The number of nitrogens with one attached hydrogen (secondary N) is 1. The summed E-state index contributed by atoms with van der Waals surface area (Å²) in [6.07, 6.45) is 0.420. The van der Waals surface area contributed by atoms with Crippen molar-refractivity contribution in [1.82, 2.24) is 14.4 Å². The molecule has 0 bridgehead atoms. The lowest BCUT2D eigenvalue weighted by Gasteiger charge is -2.56. The largest absolute Gasteiger partial charge is 0.497 e. The third-order valence-electron chi connectivity index (χ3n) is 7.32. The fraction of sp³-hybridized carbons (Fsp3) is 0.385. The second-order valence-electron chi connectivity index (χ2n) is 9.35. The third kappa shape index (κ3) is 3.61. The Morgan fingerprint density at radius 1 is 1.17 bits per heavy atom. The summed E-state index contributed by atoms with van der Waals surface area (Å²) in [5.41, 5.74) is 2.86. The minimum absolute atomic E-state index is 0.0747. The Morgan fingerprint density at radius 2 is 1.89 bits per heavy atom. The van der Waals surface area contributed by atoms with E-state index < -0.39 is 11.5 Å². The molecule has 184 valence electrons. The smallest absolute Gasteiger partial charge is 0.322 e. The first kappa shape index (κ1) is 23.2. The molecule has 0 aliphatic carbocycles. The lowest BCUT2D eigenvalue weighted by molar-refractivity contribution is -0.139. The number of halogens is 1. The topological polar surface area (TPSA) is 87.0 Å². The van der Waals surface area contributed by atoms with E-state index in [1.165, 1.54) is 24.3 Å². The maximum atomic E-state index is 13.5. The molecule has 35 heavy (non-hydrogen) atoms. The number of carbonyl (C=O) groups excluding carboxylic acids is 2. The van der Waals surface area contributed by atoms with Crippen LogP contribution in [0.2, 0.25) is 0 Å². The number of ether oxygens (including phenoxy) is 1. The SMILES string of the molecule is CCC(=O)N1CC2(C1)CN(C(=O)Nc1ccc(F)cc1)[C@H](CO)c1c2c2ccc(OC)cc2n1C. The van der Waals surface area contributed by atoms with Crippen LogP contribution < -0.4 is 10.1 Å². The fourth-order valence-electron chi connectivity index (χ4n) is 5.64. The maximum absolute atomic E-state index is 13.5. The molecule has 1 fully saturated rings. The number of benzene rings is 2. The Kier molecular flexibility index (Phi) is 5.67. The van der Waals surface area contributed by atoms with Crippen LogP contribution in [-0.4, -0.2) is 64.8 Å². The standard InChI is InChI=1S/C26H29FN4O4/c1-4-22(33)30-13-26(14-30)15-31(25(34)28-17-7-5-16(27)6-8-17)21(12-32)24-23(26)19-10-9-18(35-3)11-20(19)29(24)2/h5-11,21,32H,4,12-15H2,1-3H3,(H,28,34)/t21-/m1/s1. The van der Waals surface area contributed by atoms with Crippen molar-refractivity contribution in [2.45, 2.75) is 24.8 Å². The summed E-state index contributed by atoms with van der Waals surface area (Å²) in [4.78, 5) is 29.3. The summed E-state index contributed by atoms with van der Waals surface area (Å²) in [7, 11) is 3.54.